The number of carboxylic acid groups (broad SMARTS) is 1. The molecule has 100 valence electrons. The fourth-order valence-corrected chi connectivity index (χ4v) is 2.56. The Morgan fingerprint density at radius 2 is 1.95 bits per heavy atom. The summed E-state index contributed by atoms with van der Waals surface area (Å²) in [6.45, 7) is 5.95. The molecule has 0 bridgehead atoms. The third kappa shape index (κ3) is 2.41. The third-order valence-electron chi connectivity index (χ3n) is 3.41. The van der Waals surface area contributed by atoms with E-state index >= 15 is 0 Å². The van der Waals surface area contributed by atoms with Gasteiger partial charge in [-0.25, -0.2) is 4.79 Å². The van der Waals surface area contributed by atoms with E-state index in [-0.39, 0.29) is 0 Å². The van der Waals surface area contributed by atoms with E-state index in [0.29, 0.717) is 5.56 Å². The molecule has 0 atom stereocenters. The van der Waals surface area contributed by atoms with Gasteiger partial charge in [0, 0.05) is 17.1 Å². The molecule has 0 amide bonds. The first-order valence-electron chi connectivity index (χ1n) is 6.56. The average molecular weight is 257 g/mol. The van der Waals surface area contributed by atoms with Gasteiger partial charge in [0.1, 0.15) is 0 Å². The molecule has 0 saturated carbocycles. The minimum Gasteiger partial charge on any atom is -0.478 e. The summed E-state index contributed by atoms with van der Waals surface area (Å²) in [6.07, 6.45) is 2.07. The quantitative estimate of drug-likeness (QED) is 0.906. The van der Waals surface area contributed by atoms with Gasteiger partial charge in [-0.2, -0.15) is 0 Å². The van der Waals surface area contributed by atoms with Gasteiger partial charge in [0.2, 0.25) is 0 Å². The first-order valence-corrected chi connectivity index (χ1v) is 6.56. The SMILES string of the molecule is CCCc1ccccc1-n1c(C)cc(C(=O)O)c1C. The van der Waals surface area contributed by atoms with Crippen molar-refractivity contribution in [2.45, 2.75) is 33.6 Å². The van der Waals surface area contributed by atoms with Crippen molar-refractivity contribution in [1.82, 2.24) is 4.57 Å². The second kappa shape index (κ2) is 5.31. The third-order valence-corrected chi connectivity index (χ3v) is 3.41. The molecule has 1 heterocycles. The molecule has 1 aromatic heterocycles. The van der Waals surface area contributed by atoms with Crippen LogP contribution in [0.25, 0.3) is 5.69 Å². The molecule has 0 aliphatic rings. The van der Waals surface area contributed by atoms with Crippen molar-refractivity contribution in [3.8, 4) is 5.69 Å². The Bertz CT molecular complexity index is 611. The van der Waals surface area contributed by atoms with E-state index in [1.54, 1.807) is 6.07 Å². The molecule has 2 rings (SSSR count). The Morgan fingerprint density at radius 3 is 2.53 bits per heavy atom. The first kappa shape index (κ1) is 13.4. The zero-order valence-corrected chi connectivity index (χ0v) is 11.6. The fourth-order valence-electron chi connectivity index (χ4n) is 2.56. The second-order valence-corrected chi connectivity index (χ2v) is 4.80. The topological polar surface area (TPSA) is 42.2 Å². The molecule has 19 heavy (non-hydrogen) atoms. The number of nitrogens with zero attached hydrogens (tertiary/aromatic N) is 1. The predicted molar refractivity (Wildman–Crippen MR) is 76.2 cm³/mol. The highest BCUT2D eigenvalue weighted by Crippen LogP contribution is 2.24. The number of hydrogen-bond acceptors (Lipinski definition) is 1. The van der Waals surface area contributed by atoms with Crippen molar-refractivity contribution in [3.63, 3.8) is 0 Å². The zero-order valence-electron chi connectivity index (χ0n) is 11.6. The Kier molecular flexibility index (Phi) is 3.74. The van der Waals surface area contributed by atoms with Gasteiger partial charge >= 0.3 is 5.97 Å². The van der Waals surface area contributed by atoms with E-state index in [1.165, 1.54) is 5.56 Å². The van der Waals surface area contributed by atoms with Crippen LogP contribution in [0.15, 0.2) is 30.3 Å². The van der Waals surface area contributed by atoms with Crippen LogP contribution in [0, 0.1) is 13.8 Å². The molecule has 0 aliphatic carbocycles. The van der Waals surface area contributed by atoms with E-state index in [9.17, 15) is 9.90 Å². The fraction of sp³-hybridized carbons (Fsp3) is 0.312. The molecular weight excluding hydrogens is 238 g/mol. The standard InChI is InChI=1S/C16H19NO2/c1-4-7-13-8-5-6-9-15(13)17-11(2)10-14(12(17)3)16(18)19/h5-6,8-10H,4,7H2,1-3H3,(H,18,19). The largest absolute Gasteiger partial charge is 0.478 e. The number of carboxylic acids is 1. The molecule has 3 nitrogen and oxygen atoms in total. The van der Waals surface area contributed by atoms with E-state index in [0.717, 1.165) is 29.9 Å². The van der Waals surface area contributed by atoms with E-state index in [4.69, 9.17) is 0 Å². The van der Waals surface area contributed by atoms with Gasteiger partial charge in [-0.05, 0) is 38.0 Å². The van der Waals surface area contributed by atoms with Gasteiger partial charge in [-0.15, -0.1) is 0 Å². The van der Waals surface area contributed by atoms with Crippen LogP contribution < -0.4 is 0 Å². The monoisotopic (exact) mass is 257 g/mol. The maximum Gasteiger partial charge on any atom is 0.337 e. The number of para-hydroxylation sites is 1. The minimum absolute atomic E-state index is 0.379. The second-order valence-electron chi connectivity index (χ2n) is 4.80. The lowest BCUT2D eigenvalue weighted by Crippen LogP contribution is -2.05. The van der Waals surface area contributed by atoms with Crippen LogP contribution in [0.4, 0.5) is 0 Å². The molecule has 0 fully saturated rings. The van der Waals surface area contributed by atoms with Crippen LogP contribution in [0.2, 0.25) is 0 Å². The Morgan fingerprint density at radius 1 is 1.26 bits per heavy atom. The number of hydrogen-bond donors (Lipinski definition) is 1. The summed E-state index contributed by atoms with van der Waals surface area (Å²) in [5, 5.41) is 9.21. The summed E-state index contributed by atoms with van der Waals surface area (Å²) in [5.74, 6) is -0.868. The molecule has 2 aromatic rings. The van der Waals surface area contributed by atoms with Crippen LogP contribution in [-0.4, -0.2) is 15.6 Å². The molecule has 0 radical (unpaired) electrons. The van der Waals surface area contributed by atoms with Crippen LogP contribution in [0.1, 0.15) is 40.7 Å². The molecule has 1 aromatic carbocycles. The molecule has 0 aliphatic heterocycles. The van der Waals surface area contributed by atoms with Crippen molar-refractivity contribution in [3.05, 3.63) is 52.8 Å². The number of aryl methyl sites for hydroxylation is 2. The molecule has 1 N–H and O–H groups in total. The number of aromatic nitrogens is 1. The summed E-state index contributed by atoms with van der Waals surface area (Å²) in [4.78, 5) is 11.2. The molecule has 0 spiro atoms. The summed E-state index contributed by atoms with van der Waals surface area (Å²) in [5.41, 5.74) is 4.46. The van der Waals surface area contributed by atoms with Crippen molar-refractivity contribution >= 4 is 5.97 Å². The highest BCUT2D eigenvalue weighted by atomic mass is 16.4. The normalized spacial score (nSPS) is 10.7. The van der Waals surface area contributed by atoms with E-state index in [1.807, 2.05) is 30.5 Å². The van der Waals surface area contributed by atoms with Gasteiger partial charge in [-0.1, -0.05) is 31.5 Å². The summed E-state index contributed by atoms with van der Waals surface area (Å²) in [7, 11) is 0. The number of aromatic carboxylic acids is 1. The van der Waals surface area contributed by atoms with E-state index < -0.39 is 5.97 Å². The number of carbonyl (C=O) groups is 1. The molecule has 3 heteroatoms. The summed E-state index contributed by atoms with van der Waals surface area (Å²) < 4.78 is 2.04. The summed E-state index contributed by atoms with van der Waals surface area (Å²) in [6, 6.07) is 9.92. The minimum atomic E-state index is -0.868. The Hall–Kier alpha value is -2.03. The Balaban J connectivity index is 2.62. The maximum atomic E-state index is 11.2. The lowest BCUT2D eigenvalue weighted by molar-refractivity contribution is 0.0696. The molecule has 0 saturated heterocycles. The lowest BCUT2D eigenvalue weighted by atomic mass is 10.1. The zero-order chi connectivity index (χ0) is 14.0. The van der Waals surface area contributed by atoms with Crippen LogP contribution in [-0.2, 0) is 6.42 Å². The van der Waals surface area contributed by atoms with Crippen molar-refractivity contribution in [2.75, 3.05) is 0 Å². The van der Waals surface area contributed by atoms with Gasteiger partial charge in [0.25, 0.3) is 0 Å². The highest BCUT2D eigenvalue weighted by Gasteiger charge is 2.16. The lowest BCUT2D eigenvalue weighted by Gasteiger charge is -2.14. The van der Waals surface area contributed by atoms with Crippen molar-refractivity contribution < 1.29 is 9.90 Å². The van der Waals surface area contributed by atoms with Crippen molar-refractivity contribution in [1.29, 1.82) is 0 Å². The van der Waals surface area contributed by atoms with Crippen LogP contribution in [0.5, 0.6) is 0 Å². The van der Waals surface area contributed by atoms with Crippen molar-refractivity contribution in [2.24, 2.45) is 0 Å². The predicted octanol–water partition coefficient (Wildman–Crippen LogP) is 3.74. The van der Waals surface area contributed by atoms with Crippen LogP contribution >= 0.6 is 0 Å². The molecular formula is C16H19NO2. The van der Waals surface area contributed by atoms with Gasteiger partial charge in [-0.3, -0.25) is 0 Å². The molecule has 0 unspecified atom stereocenters. The first-order chi connectivity index (χ1) is 9.06. The number of rotatable bonds is 4. The number of benzene rings is 1. The van der Waals surface area contributed by atoms with Gasteiger partial charge in [0.05, 0.1) is 5.56 Å². The van der Waals surface area contributed by atoms with Gasteiger partial charge < -0.3 is 9.67 Å². The highest BCUT2D eigenvalue weighted by molar-refractivity contribution is 5.89. The summed E-state index contributed by atoms with van der Waals surface area (Å²) >= 11 is 0. The maximum absolute atomic E-state index is 11.2. The van der Waals surface area contributed by atoms with E-state index in [2.05, 4.69) is 19.1 Å². The Labute approximate surface area is 113 Å². The van der Waals surface area contributed by atoms with Crippen LogP contribution in [0.3, 0.4) is 0 Å². The van der Waals surface area contributed by atoms with Gasteiger partial charge in [0.15, 0.2) is 0 Å². The average Bonchev–Trinajstić information content (AvgIpc) is 2.66. The smallest absolute Gasteiger partial charge is 0.337 e.